The van der Waals surface area contributed by atoms with Crippen molar-refractivity contribution in [2.24, 2.45) is 0 Å². The topological polar surface area (TPSA) is 21.3 Å². The smallest absolute Gasteiger partial charge is 0.0713 e. The highest BCUT2D eigenvalue weighted by molar-refractivity contribution is 5.22. The Labute approximate surface area is 99.0 Å². The van der Waals surface area contributed by atoms with Crippen LogP contribution in [0.3, 0.4) is 0 Å². The van der Waals surface area contributed by atoms with Gasteiger partial charge in [-0.05, 0) is 24.5 Å². The van der Waals surface area contributed by atoms with Crippen LogP contribution < -0.4 is 5.32 Å². The molecule has 0 aromatic heterocycles. The molecule has 0 amide bonds. The molecule has 90 valence electrons. The molecule has 0 saturated heterocycles. The Bertz CT molecular complexity index is 299. The molecule has 1 unspecified atom stereocenters. The second kappa shape index (κ2) is 7.42. The second-order valence-corrected chi connectivity index (χ2v) is 4.32. The van der Waals surface area contributed by atoms with Crippen LogP contribution in [-0.2, 0) is 17.9 Å². The number of methoxy groups -OCH3 is 1. The van der Waals surface area contributed by atoms with Crippen LogP contribution in [0.1, 0.15) is 37.8 Å². The SMILES string of the molecule is CCCC(C)NCc1cccc(COC)c1. The number of hydrogen-bond donors (Lipinski definition) is 1. The second-order valence-electron chi connectivity index (χ2n) is 4.32. The molecule has 1 N–H and O–H groups in total. The molecular weight excluding hydrogens is 198 g/mol. The Balaban J connectivity index is 2.44. The Kier molecular flexibility index (Phi) is 6.12. The van der Waals surface area contributed by atoms with E-state index in [4.69, 9.17) is 4.74 Å². The predicted molar refractivity (Wildman–Crippen MR) is 68.4 cm³/mol. The van der Waals surface area contributed by atoms with Gasteiger partial charge in [-0.25, -0.2) is 0 Å². The highest BCUT2D eigenvalue weighted by Crippen LogP contribution is 2.07. The molecule has 0 fully saturated rings. The molecule has 0 aliphatic heterocycles. The van der Waals surface area contributed by atoms with Gasteiger partial charge in [0.2, 0.25) is 0 Å². The first-order chi connectivity index (χ1) is 7.76. The highest BCUT2D eigenvalue weighted by atomic mass is 16.5. The molecule has 1 aromatic rings. The summed E-state index contributed by atoms with van der Waals surface area (Å²) in [6, 6.07) is 9.15. The number of ether oxygens (including phenoxy) is 1. The van der Waals surface area contributed by atoms with Gasteiger partial charge < -0.3 is 10.1 Å². The van der Waals surface area contributed by atoms with Crippen LogP contribution in [0.15, 0.2) is 24.3 Å². The van der Waals surface area contributed by atoms with E-state index in [0.717, 1.165) is 6.54 Å². The van der Waals surface area contributed by atoms with Gasteiger partial charge in [-0.2, -0.15) is 0 Å². The summed E-state index contributed by atoms with van der Waals surface area (Å²) in [4.78, 5) is 0. The Morgan fingerprint density at radius 2 is 2.06 bits per heavy atom. The van der Waals surface area contributed by atoms with Gasteiger partial charge in [0.15, 0.2) is 0 Å². The van der Waals surface area contributed by atoms with Gasteiger partial charge in [0.1, 0.15) is 0 Å². The van der Waals surface area contributed by atoms with Crippen LogP contribution in [0.5, 0.6) is 0 Å². The van der Waals surface area contributed by atoms with Gasteiger partial charge in [0, 0.05) is 19.7 Å². The van der Waals surface area contributed by atoms with E-state index >= 15 is 0 Å². The summed E-state index contributed by atoms with van der Waals surface area (Å²) in [7, 11) is 1.73. The van der Waals surface area contributed by atoms with E-state index in [1.807, 2.05) is 0 Å². The lowest BCUT2D eigenvalue weighted by molar-refractivity contribution is 0.185. The number of benzene rings is 1. The highest BCUT2D eigenvalue weighted by Gasteiger charge is 2.00. The largest absolute Gasteiger partial charge is 0.380 e. The van der Waals surface area contributed by atoms with Crippen LogP contribution >= 0.6 is 0 Å². The van der Waals surface area contributed by atoms with Crippen molar-refractivity contribution in [1.29, 1.82) is 0 Å². The van der Waals surface area contributed by atoms with E-state index in [0.29, 0.717) is 12.6 Å². The van der Waals surface area contributed by atoms with Crippen molar-refractivity contribution < 1.29 is 4.74 Å². The quantitative estimate of drug-likeness (QED) is 0.764. The third kappa shape index (κ3) is 4.77. The van der Waals surface area contributed by atoms with E-state index in [1.54, 1.807) is 7.11 Å². The van der Waals surface area contributed by atoms with E-state index < -0.39 is 0 Å². The molecule has 16 heavy (non-hydrogen) atoms. The standard InChI is InChI=1S/C14H23NO/c1-4-6-12(2)15-10-13-7-5-8-14(9-13)11-16-3/h5,7-9,12,15H,4,6,10-11H2,1-3H3. The zero-order chi connectivity index (χ0) is 11.8. The summed E-state index contributed by atoms with van der Waals surface area (Å²) in [5.41, 5.74) is 2.57. The number of nitrogens with one attached hydrogen (secondary N) is 1. The van der Waals surface area contributed by atoms with Crippen LogP contribution in [0.25, 0.3) is 0 Å². The van der Waals surface area contributed by atoms with Crippen molar-refractivity contribution in [3.63, 3.8) is 0 Å². The monoisotopic (exact) mass is 221 g/mol. The van der Waals surface area contributed by atoms with Crippen molar-refractivity contribution >= 4 is 0 Å². The molecule has 2 nitrogen and oxygen atoms in total. The van der Waals surface area contributed by atoms with E-state index in [1.165, 1.54) is 24.0 Å². The lowest BCUT2D eigenvalue weighted by atomic mass is 10.1. The maximum Gasteiger partial charge on any atom is 0.0713 e. The fourth-order valence-electron chi connectivity index (χ4n) is 1.82. The van der Waals surface area contributed by atoms with Gasteiger partial charge >= 0.3 is 0 Å². The van der Waals surface area contributed by atoms with Crippen molar-refractivity contribution in [1.82, 2.24) is 5.32 Å². The van der Waals surface area contributed by atoms with Gasteiger partial charge in [-0.1, -0.05) is 37.6 Å². The molecule has 0 aliphatic rings. The molecule has 0 bridgehead atoms. The average Bonchev–Trinajstić information content (AvgIpc) is 2.28. The van der Waals surface area contributed by atoms with E-state index in [2.05, 4.69) is 43.4 Å². The zero-order valence-electron chi connectivity index (χ0n) is 10.6. The molecular formula is C14H23NO. The van der Waals surface area contributed by atoms with E-state index in [9.17, 15) is 0 Å². The summed E-state index contributed by atoms with van der Waals surface area (Å²) >= 11 is 0. The van der Waals surface area contributed by atoms with Crippen molar-refractivity contribution in [3.8, 4) is 0 Å². The summed E-state index contributed by atoms with van der Waals surface area (Å²) in [5.74, 6) is 0. The minimum absolute atomic E-state index is 0.594. The zero-order valence-corrected chi connectivity index (χ0v) is 10.6. The van der Waals surface area contributed by atoms with Crippen LogP contribution in [0.2, 0.25) is 0 Å². The van der Waals surface area contributed by atoms with Crippen molar-refractivity contribution in [2.75, 3.05) is 7.11 Å². The van der Waals surface area contributed by atoms with Crippen molar-refractivity contribution in [2.45, 2.75) is 45.9 Å². The van der Waals surface area contributed by atoms with Crippen molar-refractivity contribution in [3.05, 3.63) is 35.4 Å². The third-order valence-corrected chi connectivity index (χ3v) is 2.68. The first-order valence-electron chi connectivity index (χ1n) is 6.06. The van der Waals surface area contributed by atoms with Gasteiger partial charge in [0.05, 0.1) is 6.61 Å². The maximum absolute atomic E-state index is 5.13. The summed E-state index contributed by atoms with van der Waals surface area (Å²) in [6.07, 6.45) is 2.47. The Morgan fingerprint density at radius 3 is 2.75 bits per heavy atom. The van der Waals surface area contributed by atoms with Gasteiger partial charge in [0.25, 0.3) is 0 Å². The van der Waals surface area contributed by atoms with Crippen LogP contribution in [0, 0.1) is 0 Å². The molecule has 1 aromatic carbocycles. The third-order valence-electron chi connectivity index (χ3n) is 2.68. The molecule has 0 radical (unpaired) electrons. The summed E-state index contributed by atoms with van der Waals surface area (Å²) in [5, 5.41) is 3.53. The minimum atomic E-state index is 0.594. The molecule has 0 heterocycles. The fourth-order valence-corrected chi connectivity index (χ4v) is 1.82. The van der Waals surface area contributed by atoms with Crippen LogP contribution in [0.4, 0.5) is 0 Å². The average molecular weight is 221 g/mol. The molecule has 0 spiro atoms. The van der Waals surface area contributed by atoms with E-state index in [-0.39, 0.29) is 0 Å². The lowest BCUT2D eigenvalue weighted by Crippen LogP contribution is -2.25. The first kappa shape index (κ1) is 13.2. The van der Waals surface area contributed by atoms with Crippen LogP contribution in [-0.4, -0.2) is 13.2 Å². The predicted octanol–water partition coefficient (Wildman–Crippen LogP) is 3.11. The molecule has 0 saturated carbocycles. The molecule has 1 atom stereocenters. The number of rotatable bonds is 7. The summed E-state index contributed by atoms with van der Waals surface area (Å²) < 4.78 is 5.13. The normalized spacial score (nSPS) is 12.7. The summed E-state index contributed by atoms with van der Waals surface area (Å²) in [6.45, 7) is 6.09. The molecule has 0 aliphatic carbocycles. The maximum atomic E-state index is 5.13. The first-order valence-corrected chi connectivity index (χ1v) is 6.06. The van der Waals surface area contributed by atoms with Gasteiger partial charge in [-0.15, -0.1) is 0 Å². The fraction of sp³-hybridized carbons (Fsp3) is 0.571. The van der Waals surface area contributed by atoms with Gasteiger partial charge in [-0.3, -0.25) is 0 Å². The molecule has 1 rings (SSSR count). The Morgan fingerprint density at radius 1 is 1.31 bits per heavy atom. The number of hydrogen-bond acceptors (Lipinski definition) is 2. The molecule has 2 heteroatoms. The lowest BCUT2D eigenvalue weighted by Gasteiger charge is -2.13. The Hall–Kier alpha value is -0.860. The minimum Gasteiger partial charge on any atom is -0.380 e.